The van der Waals surface area contributed by atoms with Gasteiger partial charge in [0.2, 0.25) is 11.8 Å². The highest BCUT2D eigenvalue weighted by Gasteiger charge is 2.25. The molecule has 1 aromatic rings. The van der Waals surface area contributed by atoms with E-state index in [4.69, 9.17) is 0 Å². The number of carbonyl (C=O) groups is 3. The summed E-state index contributed by atoms with van der Waals surface area (Å²) in [5.41, 5.74) is 0.526. The summed E-state index contributed by atoms with van der Waals surface area (Å²) < 4.78 is 1.71. The summed E-state index contributed by atoms with van der Waals surface area (Å²) in [6.45, 7) is 3.88. The van der Waals surface area contributed by atoms with Crippen molar-refractivity contribution in [3.8, 4) is 0 Å². The molecule has 1 aliphatic heterocycles. The van der Waals surface area contributed by atoms with E-state index in [0.29, 0.717) is 31.9 Å². The van der Waals surface area contributed by atoms with Crippen LogP contribution in [0.15, 0.2) is 18.3 Å². The number of carbonyl (C=O) groups excluding carboxylic acids is 3. The van der Waals surface area contributed by atoms with Gasteiger partial charge in [-0.25, -0.2) is 0 Å². The van der Waals surface area contributed by atoms with Crippen LogP contribution in [-0.4, -0.2) is 64.3 Å². The first-order valence-electron chi connectivity index (χ1n) is 9.04. The van der Waals surface area contributed by atoms with E-state index in [9.17, 15) is 14.4 Å². The molecule has 1 aromatic heterocycles. The zero-order valence-corrected chi connectivity index (χ0v) is 14.7. The molecule has 0 radical (unpaired) electrons. The Morgan fingerprint density at radius 1 is 1.08 bits per heavy atom. The standard InChI is InChI=1S/C18H26N4O3/c1-14(23)20-9-11-21(12-10-20)18(25)16-7-4-8-22(16)13-17(24)19-15-5-2-3-6-15/h4,7-8,15H,2-3,5-6,9-13H2,1H3,(H,19,24). The quantitative estimate of drug-likeness (QED) is 0.878. The van der Waals surface area contributed by atoms with Gasteiger partial charge in [0.25, 0.3) is 5.91 Å². The average Bonchev–Trinajstić information content (AvgIpc) is 3.26. The molecular weight excluding hydrogens is 320 g/mol. The number of hydrogen-bond donors (Lipinski definition) is 1. The Morgan fingerprint density at radius 2 is 1.72 bits per heavy atom. The maximum absolute atomic E-state index is 12.8. The van der Waals surface area contributed by atoms with Crippen LogP contribution < -0.4 is 5.32 Å². The van der Waals surface area contributed by atoms with Crippen LogP contribution >= 0.6 is 0 Å². The maximum Gasteiger partial charge on any atom is 0.270 e. The molecule has 0 unspecified atom stereocenters. The molecular formula is C18H26N4O3. The molecule has 3 amide bonds. The Kier molecular flexibility index (Phi) is 5.40. The van der Waals surface area contributed by atoms with E-state index in [2.05, 4.69) is 5.32 Å². The minimum atomic E-state index is -0.0816. The van der Waals surface area contributed by atoms with Crippen LogP contribution in [0, 0.1) is 0 Å². The molecule has 0 atom stereocenters. The smallest absolute Gasteiger partial charge is 0.270 e. The van der Waals surface area contributed by atoms with Crippen molar-refractivity contribution in [2.45, 2.75) is 45.2 Å². The van der Waals surface area contributed by atoms with Gasteiger partial charge in [0.15, 0.2) is 0 Å². The van der Waals surface area contributed by atoms with E-state index in [1.807, 2.05) is 0 Å². The van der Waals surface area contributed by atoms with Gasteiger partial charge >= 0.3 is 0 Å². The van der Waals surface area contributed by atoms with Crippen LogP contribution in [0.1, 0.15) is 43.1 Å². The van der Waals surface area contributed by atoms with Gasteiger partial charge in [-0.15, -0.1) is 0 Å². The van der Waals surface area contributed by atoms with E-state index in [1.54, 1.807) is 39.6 Å². The van der Waals surface area contributed by atoms with Crippen molar-refractivity contribution in [2.75, 3.05) is 26.2 Å². The van der Waals surface area contributed by atoms with Gasteiger partial charge in [-0.05, 0) is 25.0 Å². The molecule has 0 bridgehead atoms. The molecule has 1 saturated carbocycles. The number of rotatable bonds is 4. The molecule has 2 heterocycles. The van der Waals surface area contributed by atoms with Crippen molar-refractivity contribution >= 4 is 17.7 Å². The Bertz CT molecular complexity index is 641. The molecule has 0 spiro atoms. The summed E-state index contributed by atoms with van der Waals surface area (Å²) in [6, 6.07) is 3.83. The van der Waals surface area contributed by atoms with E-state index < -0.39 is 0 Å². The lowest BCUT2D eigenvalue weighted by Crippen LogP contribution is -2.50. The van der Waals surface area contributed by atoms with Crippen LogP contribution in [0.25, 0.3) is 0 Å². The third-order valence-corrected chi connectivity index (χ3v) is 5.10. The van der Waals surface area contributed by atoms with Crippen molar-refractivity contribution < 1.29 is 14.4 Å². The topological polar surface area (TPSA) is 74.7 Å². The fourth-order valence-electron chi connectivity index (χ4n) is 3.63. The molecule has 3 rings (SSSR count). The van der Waals surface area contributed by atoms with Gasteiger partial charge in [0.05, 0.1) is 0 Å². The Labute approximate surface area is 148 Å². The number of amides is 3. The first-order chi connectivity index (χ1) is 12.0. The molecule has 0 aromatic carbocycles. The van der Waals surface area contributed by atoms with Gasteiger partial charge in [0.1, 0.15) is 12.2 Å². The van der Waals surface area contributed by atoms with Gasteiger partial charge in [-0.1, -0.05) is 12.8 Å². The van der Waals surface area contributed by atoms with Crippen LogP contribution in [0.2, 0.25) is 0 Å². The van der Waals surface area contributed by atoms with Crippen molar-refractivity contribution in [1.29, 1.82) is 0 Å². The van der Waals surface area contributed by atoms with Gasteiger partial charge < -0.3 is 19.7 Å². The summed E-state index contributed by atoms with van der Waals surface area (Å²) in [7, 11) is 0. The summed E-state index contributed by atoms with van der Waals surface area (Å²) in [6.07, 6.45) is 6.20. The van der Waals surface area contributed by atoms with E-state index >= 15 is 0 Å². The highest BCUT2D eigenvalue weighted by atomic mass is 16.2. The molecule has 25 heavy (non-hydrogen) atoms. The number of aromatic nitrogens is 1. The summed E-state index contributed by atoms with van der Waals surface area (Å²) >= 11 is 0. The van der Waals surface area contributed by atoms with Crippen molar-refractivity contribution in [1.82, 2.24) is 19.7 Å². The predicted molar refractivity (Wildman–Crippen MR) is 93.0 cm³/mol. The molecule has 7 heteroatoms. The second kappa shape index (κ2) is 7.72. The lowest BCUT2D eigenvalue weighted by Gasteiger charge is -2.34. The normalized spacial score (nSPS) is 18.4. The summed E-state index contributed by atoms with van der Waals surface area (Å²) in [5.74, 6) is -0.0838. The Morgan fingerprint density at radius 3 is 2.36 bits per heavy atom. The summed E-state index contributed by atoms with van der Waals surface area (Å²) in [5, 5.41) is 3.05. The fourth-order valence-corrected chi connectivity index (χ4v) is 3.63. The van der Waals surface area contributed by atoms with Gasteiger partial charge in [0, 0.05) is 45.3 Å². The first kappa shape index (κ1) is 17.5. The lowest BCUT2D eigenvalue weighted by molar-refractivity contribution is -0.130. The third kappa shape index (κ3) is 4.21. The molecule has 2 fully saturated rings. The molecule has 2 aliphatic rings. The van der Waals surface area contributed by atoms with Crippen LogP contribution in [-0.2, 0) is 16.1 Å². The highest BCUT2D eigenvalue weighted by molar-refractivity contribution is 5.93. The molecule has 1 N–H and O–H groups in total. The number of nitrogens with zero attached hydrogens (tertiary/aromatic N) is 3. The Balaban J connectivity index is 1.58. The number of piperazine rings is 1. The molecule has 1 saturated heterocycles. The maximum atomic E-state index is 12.8. The van der Waals surface area contributed by atoms with E-state index in [1.165, 1.54) is 12.8 Å². The second-order valence-electron chi connectivity index (χ2n) is 6.87. The van der Waals surface area contributed by atoms with Crippen molar-refractivity contribution in [3.05, 3.63) is 24.0 Å². The van der Waals surface area contributed by atoms with E-state index in [0.717, 1.165) is 12.8 Å². The molecule has 7 nitrogen and oxygen atoms in total. The molecule has 1 aliphatic carbocycles. The highest BCUT2D eigenvalue weighted by Crippen LogP contribution is 2.17. The zero-order valence-electron chi connectivity index (χ0n) is 14.7. The van der Waals surface area contributed by atoms with Gasteiger partial charge in [-0.2, -0.15) is 0 Å². The van der Waals surface area contributed by atoms with Crippen molar-refractivity contribution in [2.24, 2.45) is 0 Å². The minimum Gasteiger partial charge on any atom is -0.352 e. The second-order valence-corrected chi connectivity index (χ2v) is 6.87. The fraction of sp³-hybridized carbons (Fsp3) is 0.611. The largest absolute Gasteiger partial charge is 0.352 e. The first-order valence-corrected chi connectivity index (χ1v) is 9.04. The average molecular weight is 346 g/mol. The van der Waals surface area contributed by atoms with Crippen LogP contribution in [0.5, 0.6) is 0 Å². The third-order valence-electron chi connectivity index (χ3n) is 5.10. The van der Waals surface area contributed by atoms with Crippen molar-refractivity contribution in [3.63, 3.8) is 0 Å². The van der Waals surface area contributed by atoms with Crippen LogP contribution in [0.4, 0.5) is 0 Å². The minimum absolute atomic E-state index is 0.0408. The number of nitrogens with one attached hydrogen (secondary N) is 1. The lowest BCUT2D eigenvalue weighted by atomic mass is 10.2. The van der Waals surface area contributed by atoms with Crippen LogP contribution in [0.3, 0.4) is 0 Å². The van der Waals surface area contributed by atoms with Gasteiger partial charge in [-0.3, -0.25) is 14.4 Å². The Hall–Kier alpha value is -2.31. The van der Waals surface area contributed by atoms with E-state index in [-0.39, 0.29) is 30.3 Å². The SMILES string of the molecule is CC(=O)N1CCN(C(=O)c2cccn2CC(=O)NC2CCCC2)CC1. The number of hydrogen-bond acceptors (Lipinski definition) is 3. The monoisotopic (exact) mass is 346 g/mol. The summed E-state index contributed by atoms with van der Waals surface area (Å²) in [4.78, 5) is 39.9. The predicted octanol–water partition coefficient (Wildman–Crippen LogP) is 0.851. The zero-order chi connectivity index (χ0) is 17.8. The molecule has 136 valence electrons.